The van der Waals surface area contributed by atoms with Crippen molar-refractivity contribution in [1.82, 2.24) is 20.0 Å². The molecule has 0 unspecified atom stereocenters. The molecule has 5 aromatic carbocycles. The standard InChI is InChI=1S/C37H26N6O/c44-37-35(40-38-30-24-14-5-15-25-30)34(29-22-12-4-13-23-29)42-43(37)36-32(27-18-8-2-9-19-27)31(26-16-6-1-7-17-26)33(39-41-36)28-20-10-3-11-21-28/h1-25,44H. The number of rotatable bonds is 7. The second kappa shape index (κ2) is 12.0. The van der Waals surface area contributed by atoms with Crippen molar-refractivity contribution >= 4 is 11.4 Å². The first-order valence-corrected chi connectivity index (χ1v) is 14.2. The van der Waals surface area contributed by atoms with Gasteiger partial charge in [-0.15, -0.1) is 15.3 Å². The molecule has 2 heterocycles. The molecule has 0 atom stereocenters. The van der Waals surface area contributed by atoms with Crippen molar-refractivity contribution < 1.29 is 5.11 Å². The molecular weight excluding hydrogens is 544 g/mol. The molecule has 2 aromatic heterocycles. The number of aromatic hydroxyl groups is 1. The molecule has 44 heavy (non-hydrogen) atoms. The first kappa shape index (κ1) is 26.7. The van der Waals surface area contributed by atoms with Crippen molar-refractivity contribution in [3.63, 3.8) is 0 Å². The summed E-state index contributed by atoms with van der Waals surface area (Å²) in [5, 5.41) is 35.1. The predicted molar refractivity (Wildman–Crippen MR) is 173 cm³/mol. The van der Waals surface area contributed by atoms with Crippen molar-refractivity contribution in [2.24, 2.45) is 10.2 Å². The molecule has 0 amide bonds. The van der Waals surface area contributed by atoms with E-state index >= 15 is 0 Å². The lowest BCUT2D eigenvalue weighted by Crippen LogP contribution is -2.07. The number of azo groups is 1. The average Bonchev–Trinajstić information content (AvgIpc) is 3.44. The molecule has 0 aliphatic heterocycles. The highest BCUT2D eigenvalue weighted by atomic mass is 16.3. The Hall–Kier alpha value is -6.21. The van der Waals surface area contributed by atoms with Gasteiger partial charge in [-0.1, -0.05) is 140 Å². The molecule has 0 saturated heterocycles. The summed E-state index contributed by atoms with van der Waals surface area (Å²) in [5.41, 5.74) is 7.28. The van der Waals surface area contributed by atoms with E-state index < -0.39 is 0 Å². The highest BCUT2D eigenvalue weighted by Gasteiger charge is 2.27. The minimum absolute atomic E-state index is 0.193. The third-order valence-corrected chi connectivity index (χ3v) is 7.23. The van der Waals surface area contributed by atoms with Gasteiger partial charge in [-0.25, -0.2) is 0 Å². The number of hydrogen-bond donors (Lipinski definition) is 1. The first-order chi connectivity index (χ1) is 21.8. The van der Waals surface area contributed by atoms with E-state index in [4.69, 9.17) is 15.3 Å². The van der Waals surface area contributed by atoms with Crippen molar-refractivity contribution in [2.75, 3.05) is 0 Å². The maximum absolute atomic E-state index is 11.8. The molecule has 0 saturated carbocycles. The molecule has 0 spiro atoms. The van der Waals surface area contributed by atoms with Crippen LogP contribution in [0.2, 0.25) is 0 Å². The fourth-order valence-corrected chi connectivity index (χ4v) is 5.17. The Morgan fingerprint density at radius 3 is 1.45 bits per heavy atom. The van der Waals surface area contributed by atoms with Gasteiger partial charge in [0.05, 0.1) is 5.69 Å². The van der Waals surface area contributed by atoms with Crippen LogP contribution in [-0.4, -0.2) is 25.1 Å². The molecule has 0 radical (unpaired) electrons. The Morgan fingerprint density at radius 2 is 0.909 bits per heavy atom. The van der Waals surface area contributed by atoms with Gasteiger partial charge in [0.2, 0.25) is 5.88 Å². The number of benzene rings is 5. The Morgan fingerprint density at radius 1 is 0.455 bits per heavy atom. The lowest BCUT2D eigenvalue weighted by molar-refractivity contribution is 0.432. The highest BCUT2D eigenvalue weighted by Crippen LogP contribution is 2.45. The summed E-state index contributed by atoms with van der Waals surface area (Å²) in [4.78, 5) is 0. The predicted octanol–water partition coefficient (Wildman–Crippen LogP) is 9.45. The van der Waals surface area contributed by atoms with Gasteiger partial charge in [0.25, 0.3) is 0 Å². The van der Waals surface area contributed by atoms with Crippen LogP contribution in [0.1, 0.15) is 0 Å². The third kappa shape index (κ3) is 5.14. The topological polar surface area (TPSA) is 88.5 Å². The van der Waals surface area contributed by atoms with E-state index in [9.17, 15) is 5.11 Å². The average molecular weight is 571 g/mol. The minimum atomic E-state index is -0.193. The van der Waals surface area contributed by atoms with E-state index in [0.717, 1.165) is 39.1 Å². The zero-order valence-corrected chi connectivity index (χ0v) is 23.6. The van der Waals surface area contributed by atoms with Crippen LogP contribution in [0, 0.1) is 0 Å². The van der Waals surface area contributed by atoms with Crippen LogP contribution < -0.4 is 0 Å². The van der Waals surface area contributed by atoms with E-state index in [0.29, 0.717) is 17.2 Å². The van der Waals surface area contributed by atoms with Gasteiger partial charge in [-0.3, -0.25) is 0 Å². The molecule has 7 nitrogen and oxygen atoms in total. The van der Waals surface area contributed by atoms with E-state index in [1.165, 1.54) is 4.68 Å². The summed E-state index contributed by atoms with van der Waals surface area (Å²) < 4.78 is 1.41. The fraction of sp³-hybridized carbons (Fsp3) is 0. The van der Waals surface area contributed by atoms with Crippen LogP contribution >= 0.6 is 0 Å². The van der Waals surface area contributed by atoms with Crippen LogP contribution in [0.25, 0.3) is 50.6 Å². The van der Waals surface area contributed by atoms with E-state index in [-0.39, 0.29) is 11.6 Å². The van der Waals surface area contributed by atoms with Gasteiger partial charge >= 0.3 is 0 Å². The zero-order chi connectivity index (χ0) is 29.7. The fourth-order valence-electron chi connectivity index (χ4n) is 5.17. The van der Waals surface area contributed by atoms with Gasteiger partial charge < -0.3 is 5.11 Å². The molecule has 7 heteroatoms. The maximum Gasteiger partial charge on any atom is 0.245 e. The van der Waals surface area contributed by atoms with Gasteiger partial charge in [-0.05, 0) is 23.3 Å². The largest absolute Gasteiger partial charge is 0.492 e. The first-order valence-electron chi connectivity index (χ1n) is 14.2. The van der Waals surface area contributed by atoms with E-state index in [2.05, 4.69) is 22.4 Å². The molecule has 0 aliphatic rings. The molecule has 7 rings (SSSR count). The number of nitrogens with zero attached hydrogens (tertiary/aromatic N) is 6. The highest BCUT2D eigenvalue weighted by molar-refractivity contribution is 5.95. The summed E-state index contributed by atoms with van der Waals surface area (Å²) >= 11 is 0. The lowest BCUT2D eigenvalue weighted by Gasteiger charge is -2.18. The molecular formula is C37H26N6O. The Labute approximate surface area is 254 Å². The van der Waals surface area contributed by atoms with Crippen LogP contribution in [0.4, 0.5) is 11.4 Å². The Balaban J connectivity index is 1.53. The summed E-state index contributed by atoms with van der Waals surface area (Å²) in [6.07, 6.45) is 0. The molecule has 7 aromatic rings. The molecule has 0 aliphatic carbocycles. The minimum Gasteiger partial charge on any atom is -0.492 e. The van der Waals surface area contributed by atoms with Gasteiger partial charge in [0, 0.05) is 22.3 Å². The van der Waals surface area contributed by atoms with Crippen LogP contribution in [0.3, 0.4) is 0 Å². The maximum atomic E-state index is 11.8. The van der Waals surface area contributed by atoms with Gasteiger partial charge in [0.1, 0.15) is 11.4 Å². The monoisotopic (exact) mass is 570 g/mol. The van der Waals surface area contributed by atoms with E-state index in [1.54, 1.807) is 0 Å². The smallest absolute Gasteiger partial charge is 0.245 e. The van der Waals surface area contributed by atoms with Crippen molar-refractivity contribution in [3.05, 3.63) is 152 Å². The molecule has 0 bridgehead atoms. The number of aromatic nitrogens is 4. The van der Waals surface area contributed by atoms with Crippen LogP contribution in [0.15, 0.2) is 162 Å². The molecule has 210 valence electrons. The second-order valence-corrected chi connectivity index (χ2v) is 10.1. The summed E-state index contributed by atoms with van der Waals surface area (Å²) in [7, 11) is 0. The second-order valence-electron chi connectivity index (χ2n) is 10.1. The molecule has 0 fully saturated rings. The van der Waals surface area contributed by atoms with Crippen molar-refractivity contribution in [3.8, 4) is 56.5 Å². The lowest BCUT2D eigenvalue weighted by atomic mass is 9.91. The summed E-state index contributed by atoms with van der Waals surface area (Å²) in [6.45, 7) is 0. The quantitative estimate of drug-likeness (QED) is 0.193. The Kier molecular flexibility index (Phi) is 7.25. The van der Waals surface area contributed by atoms with Gasteiger partial charge in [0.15, 0.2) is 11.5 Å². The Bertz CT molecular complexity index is 2040. The summed E-state index contributed by atoms with van der Waals surface area (Å²) in [5.74, 6) is 0.173. The van der Waals surface area contributed by atoms with Crippen molar-refractivity contribution in [1.29, 1.82) is 0 Å². The normalized spacial score (nSPS) is 11.2. The molecule has 1 N–H and O–H groups in total. The summed E-state index contributed by atoms with van der Waals surface area (Å²) in [6, 6.07) is 49.0. The SMILES string of the molecule is Oc1c(N=Nc2ccccc2)c(-c2ccccc2)nn1-c1nnc(-c2ccccc2)c(-c2ccccc2)c1-c1ccccc1. The van der Waals surface area contributed by atoms with Gasteiger partial charge in [-0.2, -0.15) is 14.9 Å². The third-order valence-electron chi connectivity index (χ3n) is 7.23. The van der Waals surface area contributed by atoms with Crippen LogP contribution in [0.5, 0.6) is 5.88 Å². The van der Waals surface area contributed by atoms with Crippen LogP contribution in [-0.2, 0) is 0 Å². The number of hydrogen-bond acceptors (Lipinski definition) is 6. The van der Waals surface area contributed by atoms with E-state index in [1.807, 2.05) is 140 Å². The van der Waals surface area contributed by atoms with Crippen molar-refractivity contribution in [2.45, 2.75) is 0 Å². The zero-order valence-electron chi connectivity index (χ0n) is 23.6.